The molecular formula is C22H28N2O6S. The largest absolute Gasteiger partial charge is 0.449 e. The predicted octanol–water partition coefficient (Wildman–Crippen LogP) is 3.07. The Morgan fingerprint density at radius 1 is 1.10 bits per heavy atom. The van der Waals surface area contributed by atoms with Crippen LogP contribution in [0.25, 0.3) is 0 Å². The van der Waals surface area contributed by atoms with E-state index in [1.54, 1.807) is 0 Å². The summed E-state index contributed by atoms with van der Waals surface area (Å²) >= 11 is 0. The lowest BCUT2D eigenvalue weighted by molar-refractivity contribution is -0.129. The lowest BCUT2D eigenvalue weighted by Crippen LogP contribution is -2.38. The zero-order valence-electron chi connectivity index (χ0n) is 18.1. The number of ether oxygens (including phenoxy) is 1. The zero-order valence-corrected chi connectivity index (χ0v) is 18.9. The maximum absolute atomic E-state index is 12.6. The quantitative estimate of drug-likeness (QED) is 0.443. The van der Waals surface area contributed by atoms with Gasteiger partial charge in [-0.05, 0) is 37.1 Å². The molecule has 0 fully saturated rings. The number of carbonyl (C=O) groups excluding carboxylic acids is 2. The molecule has 0 spiro atoms. The first kappa shape index (κ1) is 24.5. The molecule has 2 atom stereocenters. The van der Waals surface area contributed by atoms with Gasteiger partial charge < -0.3 is 10.1 Å². The third-order valence-corrected chi connectivity index (χ3v) is 6.39. The van der Waals surface area contributed by atoms with Crippen LogP contribution in [0.2, 0.25) is 0 Å². The highest BCUT2D eigenvalue weighted by atomic mass is 32.2. The Bertz CT molecular complexity index is 994. The minimum absolute atomic E-state index is 0.0124. The molecule has 0 aliphatic carbocycles. The van der Waals surface area contributed by atoms with Crippen LogP contribution in [0.15, 0.2) is 59.5 Å². The molecule has 1 amide bonds. The van der Waals surface area contributed by atoms with Gasteiger partial charge in [-0.3, -0.25) is 9.63 Å². The van der Waals surface area contributed by atoms with Crippen molar-refractivity contribution in [2.75, 3.05) is 14.2 Å². The van der Waals surface area contributed by atoms with Crippen molar-refractivity contribution in [3.8, 4) is 0 Å². The van der Waals surface area contributed by atoms with Gasteiger partial charge in [0.2, 0.25) is 0 Å². The average Bonchev–Trinajstić information content (AvgIpc) is 2.78. The van der Waals surface area contributed by atoms with E-state index >= 15 is 0 Å². The minimum Gasteiger partial charge on any atom is -0.449 e. The van der Waals surface area contributed by atoms with Crippen LogP contribution < -0.4 is 5.32 Å². The molecule has 9 heteroatoms. The molecule has 0 aliphatic rings. The van der Waals surface area contributed by atoms with E-state index in [0.29, 0.717) is 4.47 Å². The van der Waals surface area contributed by atoms with Crippen molar-refractivity contribution in [2.45, 2.75) is 43.7 Å². The Morgan fingerprint density at radius 3 is 2.39 bits per heavy atom. The number of benzene rings is 2. The molecule has 31 heavy (non-hydrogen) atoms. The van der Waals surface area contributed by atoms with Crippen LogP contribution >= 0.6 is 0 Å². The van der Waals surface area contributed by atoms with Crippen molar-refractivity contribution in [1.29, 1.82) is 0 Å². The number of sulfonamides is 1. The number of carbonyl (C=O) groups is 2. The van der Waals surface area contributed by atoms with Crippen molar-refractivity contribution in [3.05, 3.63) is 65.7 Å². The van der Waals surface area contributed by atoms with Crippen molar-refractivity contribution >= 4 is 21.9 Å². The highest BCUT2D eigenvalue weighted by Crippen LogP contribution is 2.19. The van der Waals surface area contributed by atoms with E-state index in [1.165, 1.54) is 45.3 Å². The van der Waals surface area contributed by atoms with Gasteiger partial charge in [0, 0.05) is 7.05 Å². The number of hydrogen-bond donors (Lipinski definition) is 1. The molecule has 0 aliphatic heterocycles. The second kappa shape index (κ2) is 11.0. The van der Waals surface area contributed by atoms with E-state index in [4.69, 9.17) is 9.57 Å². The lowest BCUT2D eigenvalue weighted by Gasteiger charge is -2.21. The van der Waals surface area contributed by atoms with Crippen molar-refractivity contribution < 1.29 is 27.6 Å². The van der Waals surface area contributed by atoms with E-state index < -0.39 is 28.0 Å². The lowest BCUT2D eigenvalue weighted by atomic mass is 10.0. The van der Waals surface area contributed by atoms with Gasteiger partial charge in [0.1, 0.15) is 0 Å². The molecule has 168 valence electrons. The van der Waals surface area contributed by atoms with E-state index in [0.717, 1.165) is 18.4 Å². The first-order valence-corrected chi connectivity index (χ1v) is 11.3. The topological polar surface area (TPSA) is 102 Å². The summed E-state index contributed by atoms with van der Waals surface area (Å²) in [5.74, 6) is -1.23. The molecule has 0 bridgehead atoms. The molecule has 2 aromatic rings. The van der Waals surface area contributed by atoms with Crippen LogP contribution in [0.4, 0.5) is 0 Å². The minimum atomic E-state index is -3.92. The van der Waals surface area contributed by atoms with Gasteiger partial charge in [0.15, 0.2) is 6.10 Å². The molecule has 0 saturated carbocycles. The highest BCUT2D eigenvalue weighted by Gasteiger charge is 2.25. The number of hydrogen-bond acceptors (Lipinski definition) is 6. The van der Waals surface area contributed by atoms with Crippen LogP contribution in [-0.2, 0) is 24.4 Å². The first-order chi connectivity index (χ1) is 14.7. The van der Waals surface area contributed by atoms with Crippen molar-refractivity contribution in [2.24, 2.45) is 0 Å². The fraction of sp³-hybridized carbons (Fsp3) is 0.364. The fourth-order valence-corrected chi connectivity index (χ4v) is 3.92. The molecule has 0 aromatic heterocycles. The van der Waals surface area contributed by atoms with Crippen molar-refractivity contribution in [1.82, 2.24) is 9.79 Å². The molecular weight excluding hydrogens is 420 g/mol. The van der Waals surface area contributed by atoms with Crippen LogP contribution in [-0.4, -0.2) is 45.0 Å². The van der Waals surface area contributed by atoms with Gasteiger partial charge in [-0.1, -0.05) is 54.2 Å². The monoisotopic (exact) mass is 448 g/mol. The van der Waals surface area contributed by atoms with Crippen LogP contribution in [0.3, 0.4) is 0 Å². The molecule has 0 radical (unpaired) electrons. The van der Waals surface area contributed by atoms with E-state index in [1.807, 2.05) is 37.3 Å². The van der Waals surface area contributed by atoms with Gasteiger partial charge in [-0.15, -0.1) is 0 Å². The maximum Gasteiger partial charge on any atom is 0.338 e. The summed E-state index contributed by atoms with van der Waals surface area (Å²) in [4.78, 5) is 29.7. The first-order valence-electron chi connectivity index (χ1n) is 9.90. The Labute approximate surface area is 183 Å². The van der Waals surface area contributed by atoms with Crippen LogP contribution in [0, 0.1) is 0 Å². The van der Waals surface area contributed by atoms with Gasteiger partial charge >= 0.3 is 5.97 Å². The Hall–Kier alpha value is -2.75. The van der Waals surface area contributed by atoms with Crippen molar-refractivity contribution in [3.63, 3.8) is 0 Å². The molecule has 0 heterocycles. The summed E-state index contributed by atoms with van der Waals surface area (Å²) in [6.45, 7) is 3.49. The SMILES string of the molecule is CCCC(NC(=O)C(C)OC(=O)c1cccc(S(=O)(=O)N(C)OC)c1)c1ccccc1. The predicted molar refractivity (Wildman–Crippen MR) is 116 cm³/mol. The van der Waals surface area contributed by atoms with Crippen LogP contribution in [0.5, 0.6) is 0 Å². The molecule has 2 rings (SSSR count). The number of amides is 1. The summed E-state index contributed by atoms with van der Waals surface area (Å²) in [7, 11) is -1.46. The van der Waals surface area contributed by atoms with E-state index in [-0.39, 0.29) is 16.5 Å². The average molecular weight is 449 g/mol. The molecule has 2 aromatic carbocycles. The van der Waals surface area contributed by atoms with Crippen LogP contribution in [0.1, 0.15) is 48.7 Å². The van der Waals surface area contributed by atoms with Gasteiger partial charge in [-0.25, -0.2) is 13.2 Å². The second-order valence-corrected chi connectivity index (χ2v) is 8.87. The van der Waals surface area contributed by atoms with E-state index in [2.05, 4.69) is 5.32 Å². The Kier molecular flexibility index (Phi) is 8.73. The zero-order chi connectivity index (χ0) is 23.0. The second-order valence-electron chi connectivity index (χ2n) is 6.93. The highest BCUT2D eigenvalue weighted by molar-refractivity contribution is 7.89. The third-order valence-electron chi connectivity index (χ3n) is 4.71. The number of hydroxylamine groups is 1. The van der Waals surface area contributed by atoms with Gasteiger partial charge in [0.25, 0.3) is 15.9 Å². The molecule has 1 N–H and O–H groups in total. The number of nitrogens with one attached hydrogen (secondary N) is 1. The normalized spacial score (nSPS) is 13.5. The summed E-state index contributed by atoms with van der Waals surface area (Å²) < 4.78 is 30.7. The fourth-order valence-electron chi connectivity index (χ4n) is 2.90. The summed E-state index contributed by atoms with van der Waals surface area (Å²) in [6, 6.07) is 14.7. The summed E-state index contributed by atoms with van der Waals surface area (Å²) in [6.07, 6.45) is 0.548. The number of rotatable bonds is 10. The Balaban J connectivity index is 2.09. The van der Waals surface area contributed by atoms with Gasteiger partial charge in [-0.2, -0.15) is 0 Å². The Morgan fingerprint density at radius 2 is 1.77 bits per heavy atom. The third kappa shape index (κ3) is 6.36. The standard InChI is InChI=1S/C22H28N2O6S/c1-5-10-20(17-11-7-6-8-12-17)23-21(25)16(2)30-22(26)18-13-9-14-19(15-18)31(27,28)24(3)29-4/h6-9,11-16,20H,5,10H2,1-4H3,(H,23,25). The summed E-state index contributed by atoms with van der Waals surface area (Å²) in [5.41, 5.74) is 0.981. The number of esters is 1. The summed E-state index contributed by atoms with van der Waals surface area (Å²) in [5, 5.41) is 2.91. The number of nitrogens with zero attached hydrogens (tertiary/aromatic N) is 1. The molecule has 0 saturated heterocycles. The maximum atomic E-state index is 12.6. The van der Waals surface area contributed by atoms with Gasteiger partial charge in [0.05, 0.1) is 23.6 Å². The molecule has 2 unspecified atom stereocenters. The van der Waals surface area contributed by atoms with E-state index in [9.17, 15) is 18.0 Å². The smallest absolute Gasteiger partial charge is 0.338 e. The molecule has 8 nitrogen and oxygen atoms in total.